The highest BCUT2D eigenvalue weighted by molar-refractivity contribution is 5.97. The molecular formula is C20H24N2O2. The van der Waals surface area contributed by atoms with E-state index in [0.717, 1.165) is 24.4 Å². The molecule has 1 aliphatic rings. The molecule has 2 aromatic carbocycles. The number of fused-ring (bicyclic) bond motifs is 1. The third-order valence-electron chi connectivity index (χ3n) is 4.49. The standard InChI is InChI=1S/C20H24N2O2/c1-15-12-17-6-4-5-7-19(17)22(15)20(23)14-21(2)13-16-8-10-18(24-3)11-9-16/h4-11,15H,12-14H2,1-3H3/t15-/m1/s1. The molecule has 126 valence electrons. The van der Waals surface area contributed by atoms with Crippen LogP contribution in [-0.4, -0.2) is 37.6 Å². The minimum atomic E-state index is 0.156. The van der Waals surface area contributed by atoms with Crippen LogP contribution in [0.4, 0.5) is 5.69 Å². The van der Waals surface area contributed by atoms with Crippen LogP contribution in [0.1, 0.15) is 18.1 Å². The number of methoxy groups -OCH3 is 1. The van der Waals surface area contributed by atoms with Crippen molar-refractivity contribution in [3.63, 3.8) is 0 Å². The summed E-state index contributed by atoms with van der Waals surface area (Å²) in [6, 6.07) is 16.4. The molecule has 3 rings (SSSR count). The van der Waals surface area contributed by atoms with E-state index in [-0.39, 0.29) is 11.9 Å². The Hall–Kier alpha value is -2.33. The van der Waals surface area contributed by atoms with Gasteiger partial charge in [-0.2, -0.15) is 0 Å². The molecule has 4 heteroatoms. The number of likely N-dealkylation sites (N-methyl/N-ethyl adjacent to an activating group) is 1. The monoisotopic (exact) mass is 324 g/mol. The van der Waals surface area contributed by atoms with Crippen LogP contribution in [0.5, 0.6) is 5.75 Å². The maximum absolute atomic E-state index is 12.8. The van der Waals surface area contributed by atoms with Crippen LogP contribution in [0.3, 0.4) is 0 Å². The first kappa shape index (κ1) is 16.5. The summed E-state index contributed by atoms with van der Waals surface area (Å²) < 4.78 is 5.18. The number of ether oxygens (including phenoxy) is 1. The summed E-state index contributed by atoms with van der Waals surface area (Å²) in [5, 5.41) is 0. The second kappa shape index (κ2) is 7.05. The van der Waals surface area contributed by atoms with E-state index in [2.05, 4.69) is 17.9 Å². The molecule has 0 aromatic heterocycles. The van der Waals surface area contributed by atoms with Crippen molar-refractivity contribution in [2.45, 2.75) is 25.9 Å². The number of benzene rings is 2. The Labute approximate surface area is 143 Å². The molecule has 0 N–H and O–H groups in total. The van der Waals surface area contributed by atoms with Gasteiger partial charge in [-0.15, -0.1) is 0 Å². The Balaban J connectivity index is 1.63. The molecule has 0 bridgehead atoms. The Bertz CT molecular complexity index is 712. The SMILES string of the molecule is COc1ccc(CN(C)CC(=O)N2c3ccccc3C[C@H]2C)cc1. The molecule has 0 aliphatic carbocycles. The van der Waals surface area contributed by atoms with Crippen molar-refractivity contribution in [3.05, 3.63) is 59.7 Å². The zero-order valence-electron chi connectivity index (χ0n) is 14.5. The Morgan fingerprint density at radius 2 is 1.92 bits per heavy atom. The number of anilines is 1. The molecule has 0 spiro atoms. The summed E-state index contributed by atoms with van der Waals surface area (Å²) in [6.07, 6.45) is 0.935. The van der Waals surface area contributed by atoms with Crippen LogP contribution in [0.15, 0.2) is 48.5 Å². The smallest absolute Gasteiger partial charge is 0.241 e. The zero-order valence-corrected chi connectivity index (χ0v) is 14.5. The lowest BCUT2D eigenvalue weighted by molar-refractivity contribution is -0.119. The number of carbonyl (C=O) groups is 1. The molecule has 0 saturated carbocycles. The van der Waals surface area contributed by atoms with Gasteiger partial charge >= 0.3 is 0 Å². The largest absolute Gasteiger partial charge is 0.497 e. The number of carbonyl (C=O) groups excluding carboxylic acids is 1. The van der Waals surface area contributed by atoms with Gasteiger partial charge in [-0.05, 0) is 49.7 Å². The average molecular weight is 324 g/mol. The van der Waals surface area contributed by atoms with Crippen LogP contribution < -0.4 is 9.64 Å². The number of rotatable bonds is 5. The first-order chi connectivity index (χ1) is 11.6. The van der Waals surface area contributed by atoms with Gasteiger partial charge in [0, 0.05) is 18.3 Å². The fourth-order valence-corrected chi connectivity index (χ4v) is 3.35. The third-order valence-corrected chi connectivity index (χ3v) is 4.49. The summed E-state index contributed by atoms with van der Waals surface area (Å²) in [5.41, 5.74) is 3.49. The molecule has 0 saturated heterocycles. The lowest BCUT2D eigenvalue weighted by Gasteiger charge is -2.26. The van der Waals surface area contributed by atoms with Crippen molar-refractivity contribution in [3.8, 4) is 5.75 Å². The van der Waals surface area contributed by atoms with Gasteiger partial charge in [-0.3, -0.25) is 9.69 Å². The third kappa shape index (κ3) is 3.44. The normalized spacial score (nSPS) is 16.3. The van der Waals surface area contributed by atoms with Gasteiger partial charge in [0.25, 0.3) is 0 Å². The molecule has 1 amide bonds. The molecule has 1 heterocycles. The van der Waals surface area contributed by atoms with Crippen molar-refractivity contribution in [1.29, 1.82) is 0 Å². The second-order valence-electron chi connectivity index (χ2n) is 6.47. The van der Waals surface area contributed by atoms with Gasteiger partial charge in [-0.1, -0.05) is 30.3 Å². The molecule has 0 radical (unpaired) electrons. The molecule has 0 fully saturated rings. The van der Waals surface area contributed by atoms with E-state index in [0.29, 0.717) is 6.54 Å². The predicted octanol–water partition coefficient (Wildman–Crippen LogP) is 3.10. The van der Waals surface area contributed by atoms with Crippen molar-refractivity contribution in [1.82, 2.24) is 4.90 Å². The number of para-hydroxylation sites is 1. The van der Waals surface area contributed by atoms with Crippen LogP contribution in [-0.2, 0) is 17.8 Å². The van der Waals surface area contributed by atoms with E-state index in [9.17, 15) is 4.79 Å². The maximum atomic E-state index is 12.8. The second-order valence-corrected chi connectivity index (χ2v) is 6.47. The van der Waals surface area contributed by atoms with Crippen molar-refractivity contribution in [2.24, 2.45) is 0 Å². The minimum absolute atomic E-state index is 0.156. The molecule has 4 nitrogen and oxygen atoms in total. The van der Waals surface area contributed by atoms with Gasteiger partial charge in [0.1, 0.15) is 5.75 Å². The maximum Gasteiger partial charge on any atom is 0.241 e. The van der Waals surface area contributed by atoms with E-state index in [1.807, 2.05) is 54.4 Å². The highest BCUT2D eigenvalue weighted by Gasteiger charge is 2.30. The van der Waals surface area contributed by atoms with Crippen molar-refractivity contribution in [2.75, 3.05) is 25.6 Å². The summed E-state index contributed by atoms with van der Waals surface area (Å²) in [4.78, 5) is 16.8. The Kier molecular flexibility index (Phi) is 4.86. The van der Waals surface area contributed by atoms with Crippen LogP contribution in [0.2, 0.25) is 0 Å². The van der Waals surface area contributed by atoms with Crippen molar-refractivity contribution < 1.29 is 9.53 Å². The summed E-state index contributed by atoms with van der Waals surface area (Å²) >= 11 is 0. The first-order valence-electron chi connectivity index (χ1n) is 8.30. The predicted molar refractivity (Wildman–Crippen MR) is 96.4 cm³/mol. The Morgan fingerprint density at radius 1 is 1.21 bits per heavy atom. The lowest BCUT2D eigenvalue weighted by atomic mass is 10.1. The van der Waals surface area contributed by atoms with Gasteiger partial charge < -0.3 is 9.64 Å². The number of nitrogens with zero attached hydrogens (tertiary/aromatic N) is 2. The molecule has 0 unspecified atom stereocenters. The highest BCUT2D eigenvalue weighted by atomic mass is 16.5. The summed E-state index contributed by atoms with van der Waals surface area (Å²) in [7, 11) is 3.64. The van der Waals surface area contributed by atoms with Gasteiger partial charge in [-0.25, -0.2) is 0 Å². The molecule has 1 atom stereocenters. The topological polar surface area (TPSA) is 32.8 Å². The Morgan fingerprint density at radius 3 is 2.62 bits per heavy atom. The van der Waals surface area contributed by atoms with Crippen LogP contribution in [0.25, 0.3) is 0 Å². The molecule has 2 aromatic rings. The van der Waals surface area contributed by atoms with Gasteiger partial charge in [0.05, 0.1) is 13.7 Å². The van der Waals surface area contributed by atoms with Crippen LogP contribution >= 0.6 is 0 Å². The summed E-state index contributed by atoms with van der Waals surface area (Å²) in [5.74, 6) is 1.00. The van der Waals surface area contributed by atoms with Crippen molar-refractivity contribution >= 4 is 11.6 Å². The zero-order chi connectivity index (χ0) is 17.1. The van der Waals surface area contributed by atoms with E-state index in [4.69, 9.17) is 4.74 Å². The molecule has 1 aliphatic heterocycles. The van der Waals surface area contributed by atoms with Crippen LogP contribution in [0, 0.1) is 0 Å². The fourth-order valence-electron chi connectivity index (χ4n) is 3.35. The van der Waals surface area contributed by atoms with E-state index in [1.165, 1.54) is 11.1 Å². The highest BCUT2D eigenvalue weighted by Crippen LogP contribution is 2.31. The minimum Gasteiger partial charge on any atom is -0.497 e. The van der Waals surface area contributed by atoms with E-state index >= 15 is 0 Å². The number of hydrogen-bond donors (Lipinski definition) is 0. The summed E-state index contributed by atoms with van der Waals surface area (Å²) in [6.45, 7) is 3.26. The average Bonchev–Trinajstić information content (AvgIpc) is 2.91. The number of hydrogen-bond acceptors (Lipinski definition) is 3. The quantitative estimate of drug-likeness (QED) is 0.847. The van der Waals surface area contributed by atoms with E-state index < -0.39 is 0 Å². The first-order valence-corrected chi connectivity index (χ1v) is 8.30. The van der Waals surface area contributed by atoms with Gasteiger partial charge in [0.2, 0.25) is 5.91 Å². The van der Waals surface area contributed by atoms with Gasteiger partial charge in [0.15, 0.2) is 0 Å². The molecule has 24 heavy (non-hydrogen) atoms. The fraction of sp³-hybridized carbons (Fsp3) is 0.350. The number of amides is 1. The van der Waals surface area contributed by atoms with E-state index in [1.54, 1.807) is 7.11 Å². The lowest BCUT2D eigenvalue weighted by Crippen LogP contribution is -2.41. The molecular weight excluding hydrogens is 300 g/mol.